The first-order valence-electron chi connectivity index (χ1n) is 10.8. The lowest BCUT2D eigenvalue weighted by atomic mass is 9.87. The van der Waals surface area contributed by atoms with Crippen LogP contribution in [0.5, 0.6) is 11.5 Å². The van der Waals surface area contributed by atoms with Gasteiger partial charge in [0.1, 0.15) is 11.5 Å². The van der Waals surface area contributed by atoms with Crippen molar-refractivity contribution in [3.8, 4) is 11.5 Å². The van der Waals surface area contributed by atoms with E-state index in [0.29, 0.717) is 19.5 Å². The maximum atomic E-state index is 13.1. The summed E-state index contributed by atoms with van der Waals surface area (Å²) >= 11 is 0. The quantitative estimate of drug-likeness (QED) is 0.703. The molecule has 0 saturated carbocycles. The van der Waals surface area contributed by atoms with E-state index in [1.807, 2.05) is 36.1 Å². The van der Waals surface area contributed by atoms with Crippen molar-refractivity contribution in [2.45, 2.75) is 45.6 Å². The van der Waals surface area contributed by atoms with Gasteiger partial charge < -0.3 is 19.3 Å². The summed E-state index contributed by atoms with van der Waals surface area (Å²) < 4.78 is 11.3. The predicted octanol–water partition coefficient (Wildman–Crippen LogP) is 4.50. The SMILES string of the molecule is CCC(Oc1ccc(C(C)(C)C)cc1)C(=O)N1CCN(c2ccc(OC)cc2)CC1. The van der Waals surface area contributed by atoms with E-state index in [4.69, 9.17) is 9.47 Å². The molecule has 0 radical (unpaired) electrons. The second-order valence-corrected chi connectivity index (χ2v) is 8.80. The maximum Gasteiger partial charge on any atom is 0.263 e. The summed E-state index contributed by atoms with van der Waals surface area (Å²) in [4.78, 5) is 17.3. The minimum atomic E-state index is -0.446. The number of carbonyl (C=O) groups is 1. The normalized spacial score (nSPS) is 15.6. The average molecular weight is 411 g/mol. The van der Waals surface area contributed by atoms with E-state index in [9.17, 15) is 4.79 Å². The van der Waals surface area contributed by atoms with E-state index in [2.05, 4.69) is 49.9 Å². The average Bonchev–Trinajstić information content (AvgIpc) is 2.77. The molecule has 0 N–H and O–H groups in total. The highest BCUT2D eigenvalue weighted by molar-refractivity contribution is 5.81. The Morgan fingerprint density at radius 1 is 0.933 bits per heavy atom. The Balaban J connectivity index is 1.57. The molecule has 2 aromatic rings. The van der Waals surface area contributed by atoms with E-state index < -0.39 is 6.10 Å². The molecule has 162 valence electrons. The lowest BCUT2D eigenvalue weighted by molar-refractivity contribution is -0.139. The van der Waals surface area contributed by atoms with Gasteiger partial charge in [-0.1, -0.05) is 39.8 Å². The van der Waals surface area contributed by atoms with Crippen molar-refractivity contribution in [3.63, 3.8) is 0 Å². The zero-order valence-corrected chi connectivity index (χ0v) is 18.9. The third-order valence-corrected chi connectivity index (χ3v) is 5.67. The molecule has 30 heavy (non-hydrogen) atoms. The van der Waals surface area contributed by atoms with Gasteiger partial charge in [-0.3, -0.25) is 4.79 Å². The summed E-state index contributed by atoms with van der Waals surface area (Å²) in [6, 6.07) is 16.2. The first-order chi connectivity index (χ1) is 14.3. The Morgan fingerprint density at radius 3 is 2.00 bits per heavy atom. The number of benzene rings is 2. The van der Waals surface area contributed by atoms with Crippen LogP contribution in [0, 0.1) is 0 Å². The number of amides is 1. The molecule has 3 rings (SSSR count). The fourth-order valence-corrected chi connectivity index (χ4v) is 3.69. The molecule has 0 aliphatic carbocycles. The van der Waals surface area contributed by atoms with Gasteiger partial charge in [0.25, 0.3) is 5.91 Å². The third-order valence-electron chi connectivity index (χ3n) is 5.67. The molecule has 1 saturated heterocycles. The minimum absolute atomic E-state index is 0.0757. The second kappa shape index (κ2) is 9.41. The number of nitrogens with zero attached hydrogens (tertiary/aromatic N) is 2. The zero-order chi connectivity index (χ0) is 21.7. The largest absolute Gasteiger partial charge is 0.497 e. The molecular weight excluding hydrogens is 376 g/mol. The van der Waals surface area contributed by atoms with Crippen LogP contribution in [0.15, 0.2) is 48.5 Å². The van der Waals surface area contributed by atoms with Crippen LogP contribution in [0.25, 0.3) is 0 Å². The van der Waals surface area contributed by atoms with Crippen molar-refractivity contribution in [2.75, 3.05) is 38.2 Å². The van der Waals surface area contributed by atoms with Crippen molar-refractivity contribution < 1.29 is 14.3 Å². The lowest BCUT2D eigenvalue weighted by Crippen LogP contribution is -2.52. The van der Waals surface area contributed by atoms with Gasteiger partial charge >= 0.3 is 0 Å². The van der Waals surface area contributed by atoms with Crippen LogP contribution in [-0.2, 0) is 10.2 Å². The molecule has 1 heterocycles. The number of methoxy groups -OCH3 is 1. The number of anilines is 1. The van der Waals surface area contributed by atoms with Gasteiger partial charge in [-0.05, 0) is 53.8 Å². The van der Waals surface area contributed by atoms with E-state index >= 15 is 0 Å². The molecule has 0 aromatic heterocycles. The minimum Gasteiger partial charge on any atom is -0.497 e. The van der Waals surface area contributed by atoms with E-state index in [1.165, 1.54) is 5.56 Å². The Morgan fingerprint density at radius 2 is 1.50 bits per heavy atom. The molecule has 2 aromatic carbocycles. The van der Waals surface area contributed by atoms with Crippen LogP contribution in [0.4, 0.5) is 5.69 Å². The standard InChI is InChI=1S/C25H34N2O3/c1-6-23(30-22-11-7-19(8-12-22)25(2,3)4)24(28)27-17-15-26(16-18-27)20-9-13-21(29-5)14-10-20/h7-14,23H,6,15-18H2,1-5H3. The first kappa shape index (κ1) is 22.0. The molecule has 1 fully saturated rings. The van der Waals surface area contributed by atoms with Crippen molar-refractivity contribution in [3.05, 3.63) is 54.1 Å². The van der Waals surface area contributed by atoms with Crippen LogP contribution >= 0.6 is 0 Å². The fourth-order valence-electron chi connectivity index (χ4n) is 3.69. The van der Waals surface area contributed by atoms with Crippen molar-refractivity contribution in [1.82, 2.24) is 4.90 Å². The maximum absolute atomic E-state index is 13.1. The van der Waals surface area contributed by atoms with Gasteiger partial charge in [-0.15, -0.1) is 0 Å². The molecule has 0 spiro atoms. The van der Waals surface area contributed by atoms with Gasteiger partial charge in [0, 0.05) is 31.9 Å². The van der Waals surface area contributed by atoms with Crippen LogP contribution in [0.1, 0.15) is 39.7 Å². The highest BCUT2D eigenvalue weighted by Gasteiger charge is 2.28. The summed E-state index contributed by atoms with van der Waals surface area (Å²) in [5, 5.41) is 0. The zero-order valence-electron chi connectivity index (χ0n) is 18.9. The van der Waals surface area contributed by atoms with Gasteiger partial charge in [-0.2, -0.15) is 0 Å². The molecule has 0 bridgehead atoms. The Bertz CT molecular complexity index is 817. The van der Waals surface area contributed by atoms with Crippen molar-refractivity contribution in [2.24, 2.45) is 0 Å². The predicted molar refractivity (Wildman–Crippen MR) is 122 cm³/mol. The molecule has 1 amide bonds. The summed E-state index contributed by atoms with van der Waals surface area (Å²) in [6.07, 6.45) is 0.205. The molecule has 1 unspecified atom stereocenters. The third kappa shape index (κ3) is 5.26. The van der Waals surface area contributed by atoms with Gasteiger partial charge in [0.05, 0.1) is 7.11 Å². The van der Waals surface area contributed by atoms with Crippen molar-refractivity contribution in [1.29, 1.82) is 0 Å². The molecule has 1 aliphatic heterocycles. The van der Waals surface area contributed by atoms with Gasteiger partial charge in [-0.25, -0.2) is 0 Å². The summed E-state index contributed by atoms with van der Waals surface area (Å²) in [5.74, 6) is 1.68. The van der Waals surface area contributed by atoms with Crippen molar-refractivity contribution >= 4 is 11.6 Å². The first-order valence-corrected chi connectivity index (χ1v) is 10.8. The van der Waals surface area contributed by atoms with Crippen LogP contribution in [0.2, 0.25) is 0 Å². The topological polar surface area (TPSA) is 42.0 Å². The molecule has 5 nitrogen and oxygen atoms in total. The number of piperazine rings is 1. The lowest BCUT2D eigenvalue weighted by Gasteiger charge is -2.37. The van der Waals surface area contributed by atoms with Crippen LogP contribution in [0.3, 0.4) is 0 Å². The Kier molecular flexibility index (Phi) is 6.91. The number of hydrogen-bond donors (Lipinski definition) is 0. The summed E-state index contributed by atoms with van der Waals surface area (Å²) in [6.45, 7) is 11.6. The number of rotatable bonds is 6. The molecular formula is C25H34N2O3. The number of hydrogen-bond acceptors (Lipinski definition) is 4. The van der Waals surface area contributed by atoms with E-state index in [1.54, 1.807) is 7.11 Å². The van der Waals surface area contributed by atoms with Crippen LogP contribution < -0.4 is 14.4 Å². The van der Waals surface area contributed by atoms with Gasteiger partial charge in [0.2, 0.25) is 0 Å². The molecule has 1 aliphatic rings. The monoisotopic (exact) mass is 410 g/mol. The fraction of sp³-hybridized carbons (Fsp3) is 0.480. The smallest absolute Gasteiger partial charge is 0.263 e. The molecule has 5 heteroatoms. The second-order valence-electron chi connectivity index (χ2n) is 8.80. The molecule has 1 atom stereocenters. The highest BCUT2D eigenvalue weighted by atomic mass is 16.5. The van der Waals surface area contributed by atoms with E-state index in [0.717, 1.165) is 30.3 Å². The van der Waals surface area contributed by atoms with E-state index in [-0.39, 0.29) is 11.3 Å². The van der Waals surface area contributed by atoms with Crippen LogP contribution in [-0.4, -0.2) is 50.2 Å². The summed E-state index contributed by atoms with van der Waals surface area (Å²) in [5.41, 5.74) is 2.51. The number of ether oxygens (including phenoxy) is 2. The Hall–Kier alpha value is -2.69. The van der Waals surface area contributed by atoms with Gasteiger partial charge in [0.15, 0.2) is 6.10 Å². The number of carbonyl (C=O) groups excluding carboxylic acids is 1. The highest BCUT2D eigenvalue weighted by Crippen LogP contribution is 2.25. The Labute approximate surface area is 180 Å². The summed E-state index contributed by atoms with van der Waals surface area (Å²) in [7, 11) is 1.67.